The number of unbranched alkanes of at least 4 members (excludes halogenated alkanes) is 8. The zero-order chi connectivity index (χ0) is 20.6. The fourth-order valence-corrected chi connectivity index (χ4v) is 4.17. The van der Waals surface area contributed by atoms with Gasteiger partial charge < -0.3 is 14.6 Å². The molecule has 0 fully saturated rings. The van der Waals surface area contributed by atoms with E-state index in [1.54, 1.807) is 12.1 Å². The molecule has 2 aromatic carbocycles. The van der Waals surface area contributed by atoms with Gasteiger partial charge in [0.25, 0.3) is 0 Å². The zero-order valence-corrected chi connectivity index (χ0v) is 18.1. The zero-order valence-electron chi connectivity index (χ0n) is 18.1. The van der Waals surface area contributed by atoms with E-state index in [4.69, 9.17) is 4.42 Å². The molecular formula is C26H36O3. The van der Waals surface area contributed by atoms with Crippen LogP contribution in [0.5, 0.6) is 11.5 Å². The molecule has 0 saturated carbocycles. The van der Waals surface area contributed by atoms with Crippen LogP contribution in [0.4, 0.5) is 0 Å². The van der Waals surface area contributed by atoms with Crippen molar-refractivity contribution in [3.8, 4) is 11.5 Å². The molecule has 0 bridgehead atoms. The maximum Gasteiger partial charge on any atom is 0.135 e. The van der Waals surface area contributed by atoms with Crippen LogP contribution in [0.3, 0.4) is 0 Å². The summed E-state index contributed by atoms with van der Waals surface area (Å²) in [5, 5.41) is 22.7. The second-order valence-electron chi connectivity index (χ2n) is 8.38. The van der Waals surface area contributed by atoms with Crippen LogP contribution in [-0.2, 0) is 12.8 Å². The Morgan fingerprint density at radius 3 is 1.41 bits per heavy atom. The average Bonchev–Trinajstić information content (AvgIpc) is 3.04. The van der Waals surface area contributed by atoms with Gasteiger partial charge in [0.2, 0.25) is 0 Å². The molecule has 0 saturated heterocycles. The second kappa shape index (κ2) is 10.6. The molecule has 0 aliphatic heterocycles. The van der Waals surface area contributed by atoms with Crippen LogP contribution in [-0.4, -0.2) is 10.2 Å². The van der Waals surface area contributed by atoms with E-state index in [0.717, 1.165) is 58.7 Å². The maximum atomic E-state index is 10.5. The minimum absolute atomic E-state index is 0.329. The van der Waals surface area contributed by atoms with Crippen LogP contribution in [0, 0.1) is 0 Å². The minimum Gasteiger partial charge on any atom is -0.508 e. The molecule has 3 rings (SSSR count). The molecule has 0 unspecified atom stereocenters. The molecule has 0 spiro atoms. The van der Waals surface area contributed by atoms with E-state index in [-0.39, 0.29) is 0 Å². The first-order chi connectivity index (χ1) is 14.1. The summed E-state index contributed by atoms with van der Waals surface area (Å²) in [5.74, 6) is 0.658. The molecule has 3 heteroatoms. The van der Waals surface area contributed by atoms with E-state index < -0.39 is 0 Å². The minimum atomic E-state index is 0.329. The highest BCUT2D eigenvalue weighted by molar-refractivity contribution is 6.06. The van der Waals surface area contributed by atoms with E-state index in [2.05, 4.69) is 13.8 Å². The van der Waals surface area contributed by atoms with Gasteiger partial charge in [-0.2, -0.15) is 0 Å². The standard InChI is InChI=1S/C26H36O3/c1-3-5-7-9-11-13-19-15-25-21(17-23(19)27)22-18-24(28)20(16-26(22)29-25)14-12-10-8-6-4-2/h15-18,27-28H,3-14H2,1-2H3. The number of hydrogen-bond donors (Lipinski definition) is 2. The van der Waals surface area contributed by atoms with Gasteiger partial charge >= 0.3 is 0 Å². The third kappa shape index (κ3) is 5.46. The Bertz CT molecular complexity index is 848. The molecule has 0 aliphatic rings. The van der Waals surface area contributed by atoms with Gasteiger partial charge in [0.1, 0.15) is 22.7 Å². The third-order valence-corrected chi connectivity index (χ3v) is 5.97. The van der Waals surface area contributed by atoms with Gasteiger partial charge in [0.15, 0.2) is 0 Å². The van der Waals surface area contributed by atoms with Crippen molar-refractivity contribution in [3.63, 3.8) is 0 Å². The Labute approximate surface area is 174 Å². The number of phenolic OH excluding ortho intramolecular Hbond substituents is 2. The van der Waals surface area contributed by atoms with Gasteiger partial charge in [-0.05, 0) is 61.1 Å². The molecule has 2 N–H and O–H groups in total. The molecule has 29 heavy (non-hydrogen) atoms. The van der Waals surface area contributed by atoms with Crippen molar-refractivity contribution in [3.05, 3.63) is 35.4 Å². The summed E-state index contributed by atoms with van der Waals surface area (Å²) in [4.78, 5) is 0. The van der Waals surface area contributed by atoms with Crippen molar-refractivity contribution < 1.29 is 14.6 Å². The lowest BCUT2D eigenvalue weighted by Crippen LogP contribution is -1.88. The summed E-state index contributed by atoms with van der Waals surface area (Å²) in [5.41, 5.74) is 3.49. The first-order valence-corrected chi connectivity index (χ1v) is 11.5. The van der Waals surface area contributed by atoms with Crippen molar-refractivity contribution in [2.45, 2.75) is 90.9 Å². The van der Waals surface area contributed by atoms with E-state index in [9.17, 15) is 10.2 Å². The molecule has 1 heterocycles. The van der Waals surface area contributed by atoms with E-state index >= 15 is 0 Å². The summed E-state index contributed by atoms with van der Waals surface area (Å²) in [7, 11) is 0. The SMILES string of the molecule is CCCCCCCc1cc2oc3cc(CCCCCCC)c(O)cc3c2cc1O. The fourth-order valence-electron chi connectivity index (χ4n) is 4.17. The largest absolute Gasteiger partial charge is 0.508 e. The second-order valence-corrected chi connectivity index (χ2v) is 8.38. The molecule has 0 atom stereocenters. The summed E-state index contributed by atoms with van der Waals surface area (Å²) in [6.07, 6.45) is 13.8. The normalized spacial score (nSPS) is 11.7. The highest BCUT2D eigenvalue weighted by atomic mass is 16.3. The van der Waals surface area contributed by atoms with Crippen LogP contribution >= 0.6 is 0 Å². The number of fused-ring (bicyclic) bond motifs is 3. The summed E-state index contributed by atoms with van der Waals surface area (Å²) in [6.45, 7) is 4.44. The van der Waals surface area contributed by atoms with Gasteiger partial charge in [-0.15, -0.1) is 0 Å². The predicted octanol–water partition coefficient (Wildman–Crippen LogP) is 8.02. The highest BCUT2D eigenvalue weighted by Gasteiger charge is 2.14. The number of rotatable bonds is 12. The van der Waals surface area contributed by atoms with Gasteiger partial charge in [0.05, 0.1) is 0 Å². The van der Waals surface area contributed by atoms with Crippen LogP contribution in [0.25, 0.3) is 21.9 Å². The van der Waals surface area contributed by atoms with E-state index in [1.807, 2.05) is 12.1 Å². The smallest absolute Gasteiger partial charge is 0.135 e. The number of furan rings is 1. The van der Waals surface area contributed by atoms with Crippen LogP contribution in [0.2, 0.25) is 0 Å². The van der Waals surface area contributed by atoms with Crippen LogP contribution in [0.1, 0.15) is 89.2 Å². The first-order valence-electron chi connectivity index (χ1n) is 11.5. The number of benzene rings is 2. The van der Waals surface area contributed by atoms with Gasteiger partial charge in [-0.3, -0.25) is 0 Å². The first kappa shape index (κ1) is 21.5. The van der Waals surface area contributed by atoms with Crippen molar-refractivity contribution in [2.24, 2.45) is 0 Å². The quantitative estimate of drug-likeness (QED) is 0.305. The van der Waals surface area contributed by atoms with Crippen molar-refractivity contribution in [1.82, 2.24) is 0 Å². The summed E-state index contributed by atoms with van der Waals surface area (Å²) in [6, 6.07) is 7.55. The van der Waals surface area contributed by atoms with Gasteiger partial charge in [0, 0.05) is 10.8 Å². The molecular weight excluding hydrogens is 360 g/mol. The van der Waals surface area contributed by atoms with Crippen molar-refractivity contribution >= 4 is 21.9 Å². The molecule has 3 aromatic rings. The Hall–Kier alpha value is -2.16. The third-order valence-electron chi connectivity index (χ3n) is 5.97. The molecule has 0 amide bonds. The van der Waals surface area contributed by atoms with Crippen molar-refractivity contribution in [2.75, 3.05) is 0 Å². The lowest BCUT2D eigenvalue weighted by Gasteiger charge is -2.05. The van der Waals surface area contributed by atoms with Crippen LogP contribution in [0.15, 0.2) is 28.7 Å². The van der Waals surface area contributed by atoms with Crippen molar-refractivity contribution in [1.29, 1.82) is 0 Å². The Morgan fingerprint density at radius 2 is 1.00 bits per heavy atom. The maximum absolute atomic E-state index is 10.5. The Kier molecular flexibility index (Phi) is 7.85. The summed E-state index contributed by atoms with van der Waals surface area (Å²) >= 11 is 0. The lowest BCUT2D eigenvalue weighted by molar-refractivity contribution is 0.466. The van der Waals surface area contributed by atoms with E-state index in [0.29, 0.717) is 11.5 Å². The fraction of sp³-hybridized carbons (Fsp3) is 0.538. The molecule has 1 aromatic heterocycles. The monoisotopic (exact) mass is 396 g/mol. The topological polar surface area (TPSA) is 53.6 Å². The molecule has 3 nitrogen and oxygen atoms in total. The Morgan fingerprint density at radius 1 is 0.586 bits per heavy atom. The Balaban J connectivity index is 1.76. The van der Waals surface area contributed by atoms with E-state index in [1.165, 1.54) is 51.4 Å². The lowest BCUT2D eigenvalue weighted by atomic mass is 10.0. The van der Waals surface area contributed by atoms with Crippen LogP contribution < -0.4 is 0 Å². The average molecular weight is 397 g/mol. The van der Waals surface area contributed by atoms with Gasteiger partial charge in [-0.1, -0.05) is 65.2 Å². The number of aromatic hydroxyl groups is 2. The number of aryl methyl sites for hydroxylation is 2. The molecule has 0 aliphatic carbocycles. The number of phenols is 2. The molecule has 158 valence electrons. The summed E-state index contributed by atoms with van der Waals surface area (Å²) < 4.78 is 6.11. The predicted molar refractivity (Wildman–Crippen MR) is 122 cm³/mol. The molecule has 0 radical (unpaired) electrons. The van der Waals surface area contributed by atoms with Gasteiger partial charge in [-0.25, -0.2) is 0 Å². The highest BCUT2D eigenvalue weighted by Crippen LogP contribution is 2.37. The number of hydrogen-bond acceptors (Lipinski definition) is 3.